The lowest BCUT2D eigenvalue weighted by atomic mass is 9.96. The second-order valence-corrected chi connectivity index (χ2v) is 7.95. The van der Waals surface area contributed by atoms with E-state index in [2.05, 4.69) is 5.32 Å². The molecule has 1 amide bonds. The van der Waals surface area contributed by atoms with Crippen molar-refractivity contribution in [2.45, 2.75) is 40.2 Å². The number of rotatable bonds is 5. The average molecular weight is 433 g/mol. The lowest BCUT2D eigenvalue weighted by molar-refractivity contribution is -0.141. The van der Waals surface area contributed by atoms with Crippen LogP contribution in [0.15, 0.2) is 50.0 Å². The van der Waals surface area contributed by atoms with Crippen LogP contribution in [0.5, 0.6) is 0 Å². The standard InChI is InChI=1S/C25H23NO6/c1-12-17-10-19-21(16-8-6-5-7-9-16)15(4)31-23(19)13(2)22(17)32-25(30)18(12)11-20(27)26-14(3)24(28)29/h5-10,14H,11H2,1-4H3,(H,26,27)(H,28,29). The topological polar surface area (TPSA) is 110 Å². The molecule has 7 nitrogen and oxygen atoms in total. The number of carboxylic acid groups (broad SMARTS) is 1. The molecule has 0 saturated heterocycles. The summed E-state index contributed by atoms with van der Waals surface area (Å²) in [5.74, 6) is -0.953. The van der Waals surface area contributed by atoms with Crippen molar-refractivity contribution in [2.75, 3.05) is 0 Å². The van der Waals surface area contributed by atoms with Crippen LogP contribution in [0.4, 0.5) is 0 Å². The second kappa shape index (κ2) is 8.00. The van der Waals surface area contributed by atoms with Gasteiger partial charge in [-0.1, -0.05) is 30.3 Å². The summed E-state index contributed by atoms with van der Waals surface area (Å²) >= 11 is 0. The van der Waals surface area contributed by atoms with Crippen molar-refractivity contribution < 1.29 is 23.5 Å². The number of carbonyl (C=O) groups is 2. The van der Waals surface area contributed by atoms with Crippen LogP contribution in [0.25, 0.3) is 33.1 Å². The Hall–Kier alpha value is -3.87. The van der Waals surface area contributed by atoms with E-state index >= 15 is 0 Å². The number of carbonyl (C=O) groups excluding carboxylic acids is 1. The summed E-state index contributed by atoms with van der Waals surface area (Å²) in [5, 5.41) is 13.0. The van der Waals surface area contributed by atoms with Gasteiger partial charge in [-0.15, -0.1) is 0 Å². The highest BCUT2D eigenvalue weighted by Gasteiger charge is 2.22. The van der Waals surface area contributed by atoms with Gasteiger partial charge in [0, 0.05) is 21.9 Å². The highest BCUT2D eigenvalue weighted by atomic mass is 16.4. The van der Waals surface area contributed by atoms with Crippen molar-refractivity contribution >= 4 is 33.8 Å². The summed E-state index contributed by atoms with van der Waals surface area (Å²) in [4.78, 5) is 36.0. The van der Waals surface area contributed by atoms with Gasteiger partial charge in [0.2, 0.25) is 5.91 Å². The summed E-state index contributed by atoms with van der Waals surface area (Å²) in [5.41, 5.74) is 3.95. The normalized spacial score (nSPS) is 12.2. The molecule has 0 fully saturated rings. The Morgan fingerprint density at radius 3 is 2.31 bits per heavy atom. The van der Waals surface area contributed by atoms with Crippen LogP contribution in [0.1, 0.15) is 29.4 Å². The maximum absolute atomic E-state index is 12.7. The molecule has 0 aliphatic rings. The molecule has 2 N–H and O–H groups in total. The number of fused-ring (bicyclic) bond motifs is 2. The molecule has 1 atom stereocenters. The van der Waals surface area contributed by atoms with Gasteiger partial charge >= 0.3 is 11.6 Å². The van der Waals surface area contributed by atoms with Crippen LogP contribution >= 0.6 is 0 Å². The molecule has 0 radical (unpaired) electrons. The molecular weight excluding hydrogens is 410 g/mol. The number of carboxylic acids is 1. The third-order valence-electron chi connectivity index (χ3n) is 5.78. The number of aliphatic carboxylic acids is 1. The van der Waals surface area contributed by atoms with Gasteiger partial charge in [0.15, 0.2) is 0 Å². The second-order valence-electron chi connectivity index (χ2n) is 7.95. The summed E-state index contributed by atoms with van der Waals surface area (Å²) in [6, 6.07) is 10.8. The number of hydrogen-bond donors (Lipinski definition) is 2. The van der Waals surface area contributed by atoms with E-state index in [1.807, 2.05) is 50.2 Å². The predicted octanol–water partition coefficient (Wildman–Crippen LogP) is 4.26. The van der Waals surface area contributed by atoms with E-state index in [1.165, 1.54) is 6.92 Å². The predicted molar refractivity (Wildman–Crippen MR) is 121 cm³/mol. The van der Waals surface area contributed by atoms with Gasteiger partial charge in [-0.3, -0.25) is 9.59 Å². The van der Waals surface area contributed by atoms with Crippen LogP contribution in [-0.4, -0.2) is 23.0 Å². The molecular formula is C25H23NO6. The first kappa shape index (κ1) is 21.4. The van der Waals surface area contributed by atoms with Gasteiger partial charge in [0.05, 0.1) is 12.0 Å². The molecule has 4 rings (SSSR count). The number of hydrogen-bond acceptors (Lipinski definition) is 5. The Balaban J connectivity index is 1.90. The van der Waals surface area contributed by atoms with E-state index in [1.54, 1.807) is 6.92 Å². The van der Waals surface area contributed by atoms with Gasteiger partial charge in [-0.05, 0) is 44.9 Å². The van der Waals surface area contributed by atoms with Gasteiger partial charge in [-0.2, -0.15) is 0 Å². The summed E-state index contributed by atoms with van der Waals surface area (Å²) in [6.07, 6.45) is -0.269. The lowest BCUT2D eigenvalue weighted by Gasteiger charge is -2.12. The lowest BCUT2D eigenvalue weighted by Crippen LogP contribution is -2.39. The molecule has 2 heterocycles. The Morgan fingerprint density at radius 1 is 1.00 bits per heavy atom. The van der Waals surface area contributed by atoms with E-state index in [0.717, 1.165) is 22.3 Å². The SMILES string of the molecule is Cc1oc2c(C)c3oc(=O)c(CC(=O)NC(C)C(=O)O)c(C)c3cc2c1-c1ccccc1. The molecule has 0 aliphatic heterocycles. The highest BCUT2D eigenvalue weighted by Crippen LogP contribution is 2.39. The quantitative estimate of drug-likeness (QED) is 0.455. The van der Waals surface area contributed by atoms with E-state index in [4.69, 9.17) is 13.9 Å². The monoisotopic (exact) mass is 433 g/mol. The number of furan rings is 1. The van der Waals surface area contributed by atoms with Crippen molar-refractivity contribution in [2.24, 2.45) is 0 Å². The largest absolute Gasteiger partial charge is 0.480 e. The molecule has 2 aromatic heterocycles. The van der Waals surface area contributed by atoms with Crippen molar-refractivity contribution in [1.29, 1.82) is 0 Å². The first-order valence-electron chi connectivity index (χ1n) is 10.3. The van der Waals surface area contributed by atoms with Gasteiger partial charge < -0.3 is 19.3 Å². The summed E-state index contributed by atoms with van der Waals surface area (Å²) in [7, 11) is 0. The summed E-state index contributed by atoms with van der Waals surface area (Å²) < 4.78 is 11.7. The first-order valence-corrected chi connectivity index (χ1v) is 10.3. The fourth-order valence-electron chi connectivity index (χ4n) is 4.06. The van der Waals surface area contributed by atoms with Crippen molar-refractivity contribution in [3.63, 3.8) is 0 Å². The fraction of sp³-hybridized carbons (Fsp3) is 0.240. The summed E-state index contributed by atoms with van der Waals surface area (Å²) in [6.45, 7) is 6.87. The minimum Gasteiger partial charge on any atom is -0.480 e. The van der Waals surface area contributed by atoms with Gasteiger partial charge in [0.25, 0.3) is 0 Å². The Morgan fingerprint density at radius 2 is 1.66 bits per heavy atom. The molecule has 7 heteroatoms. The zero-order valence-electron chi connectivity index (χ0n) is 18.2. The maximum atomic E-state index is 12.7. The van der Waals surface area contributed by atoms with E-state index in [-0.39, 0.29) is 12.0 Å². The zero-order valence-corrected chi connectivity index (χ0v) is 18.2. The minimum absolute atomic E-state index is 0.202. The first-order chi connectivity index (χ1) is 15.2. The number of aryl methyl sites for hydroxylation is 3. The Labute approximate surface area is 183 Å². The molecule has 0 saturated carbocycles. The van der Waals surface area contributed by atoms with E-state index in [0.29, 0.717) is 27.7 Å². The minimum atomic E-state index is -1.15. The van der Waals surface area contributed by atoms with Crippen molar-refractivity contribution in [3.05, 3.63) is 69.3 Å². The van der Waals surface area contributed by atoms with Crippen LogP contribution in [0.2, 0.25) is 0 Å². The molecule has 4 aromatic rings. The highest BCUT2D eigenvalue weighted by molar-refractivity contribution is 6.06. The molecule has 164 valence electrons. The molecule has 0 spiro atoms. The fourth-order valence-corrected chi connectivity index (χ4v) is 4.06. The van der Waals surface area contributed by atoms with Crippen LogP contribution < -0.4 is 10.9 Å². The third kappa shape index (κ3) is 3.56. The van der Waals surface area contributed by atoms with E-state index < -0.39 is 23.5 Å². The number of amides is 1. The van der Waals surface area contributed by atoms with Gasteiger partial charge in [0.1, 0.15) is 23.0 Å². The Bertz CT molecular complexity index is 1430. The molecule has 0 aliphatic carbocycles. The number of nitrogens with one attached hydrogen (secondary N) is 1. The van der Waals surface area contributed by atoms with Crippen molar-refractivity contribution in [1.82, 2.24) is 5.32 Å². The molecule has 0 bridgehead atoms. The van der Waals surface area contributed by atoms with Crippen LogP contribution in [0.3, 0.4) is 0 Å². The smallest absolute Gasteiger partial charge is 0.340 e. The van der Waals surface area contributed by atoms with Gasteiger partial charge in [-0.25, -0.2) is 4.79 Å². The van der Waals surface area contributed by atoms with Crippen LogP contribution in [0, 0.1) is 20.8 Å². The van der Waals surface area contributed by atoms with Crippen molar-refractivity contribution in [3.8, 4) is 11.1 Å². The zero-order chi connectivity index (χ0) is 23.2. The molecule has 32 heavy (non-hydrogen) atoms. The van der Waals surface area contributed by atoms with E-state index in [9.17, 15) is 14.4 Å². The van der Waals surface area contributed by atoms with Crippen LogP contribution in [-0.2, 0) is 16.0 Å². The number of benzene rings is 2. The maximum Gasteiger partial charge on any atom is 0.340 e. The molecule has 1 unspecified atom stereocenters. The molecule has 2 aromatic carbocycles. The third-order valence-corrected chi connectivity index (χ3v) is 5.78. The average Bonchev–Trinajstić information content (AvgIpc) is 3.09. The Kier molecular flexibility index (Phi) is 5.34.